The van der Waals surface area contributed by atoms with Gasteiger partial charge in [-0.1, -0.05) is 24.3 Å². The second-order valence-corrected chi connectivity index (χ2v) is 4.60. The Morgan fingerprint density at radius 2 is 1.70 bits per heavy atom. The Morgan fingerprint density at radius 1 is 1.00 bits per heavy atom. The van der Waals surface area contributed by atoms with E-state index in [4.69, 9.17) is 9.47 Å². The molecule has 0 aliphatic rings. The van der Waals surface area contributed by atoms with Crippen LogP contribution in [0.15, 0.2) is 42.5 Å². The summed E-state index contributed by atoms with van der Waals surface area (Å²) < 4.78 is 10.4. The van der Waals surface area contributed by atoms with Gasteiger partial charge in [-0.2, -0.15) is 0 Å². The summed E-state index contributed by atoms with van der Waals surface area (Å²) in [5.74, 6) is 1.27. The SMILES string of the molecule is COc1ccc(C(=O)Cc2ccccc2C)cc1OC. The van der Waals surface area contributed by atoms with E-state index in [0.29, 0.717) is 23.5 Å². The molecule has 0 fully saturated rings. The van der Waals surface area contributed by atoms with Crippen LogP contribution >= 0.6 is 0 Å². The first-order valence-electron chi connectivity index (χ1n) is 6.45. The number of hydrogen-bond acceptors (Lipinski definition) is 3. The van der Waals surface area contributed by atoms with Gasteiger partial charge in [0.05, 0.1) is 14.2 Å². The molecular weight excluding hydrogens is 252 g/mol. The van der Waals surface area contributed by atoms with Crippen molar-refractivity contribution in [2.24, 2.45) is 0 Å². The molecular formula is C17H18O3. The predicted octanol–water partition coefficient (Wildman–Crippen LogP) is 3.44. The van der Waals surface area contributed by atoms with Gasteiger partial charge < -0.3 is 9.47 Å². The molecule has 104 valence electrons. The third-order valence-electron chi connectivity index (χ3n) is 3.32. The van der Waals surface area contributed by atoms with Crippen LogP contribution in [0.25, 0.3) is 0 Å². The fourth-order valence-corrected chi connectivity index (χ4v) is 2.09. The summed E-state index contributed by atoms with van der Waals surface area (Å²) in [5.41, 5.74) is 2.81. The van der Waals surface area contributed by atoms with E-state index in [1.807, 2.05) is 31.2 Å². The second-order valence-electron chi connectivity index (χ2n) is 4.60. The maximum atomic E-state index is 12.3. The molecule has 0 heterocycles. The van der Waals surface area contributed by atoms with Crippen LogP contribution in [0.2, 0.25) is 0 Å². The van der Waals surface area contributed by atoms with E-state index in [-0.39, 0.29) is 5.78 Å². The van der Waals surface area contributed by atoms with Crippen molar-refractivity contribution in [1.29, 1.82) is 0 Å². The van der Waals surface area contributed by atoms with E-state index >= 15 is 0 Å². The lowest BCUT2D eigenvalue weighted by molar-refractivity contribution is 0.0992. The summed E-state index contributed by atoms with van der Waals surface area (Å²) in [6.45, 7) is 2.01. The number of aryl methyl sites for hydroxylation is 1. The Labute approximate surface area is 119 Å². The van der Waals surface area contributed by atoms with E-state index in [9.17, 15) is 4.79 Å². The molecule has 0 bridgehead atoms. The van der Waals surface area contributed by atoms with Gasteiger partial charge >= 0.3 is 0 Å². The van der Waals surface area contributed by atoms with Gasteiger partial charge in [-0.25, -0.2) is 0 Å². The molecule has 2 aromatic rings. The molecule has 0 aliphatic carbocycles. The summed E-state index contributed by atoms with van der Waals surface area (Å²) in [7, 11) is 3.14. The number of rotatable bonds is 5. The van der Waals surface area contributed by atoms with Crippen molar-refractivity contribution in [2.45, 2.75) is 13.3 Å². The Kier molecular flexibility index (Phi) is 4.41. The molecule has 3 heteroatoms. The number of Topliss-reactive ketones (excluding diaryl/α,β-unsaturated/α-hetero) is 1. The van der Waals surface area contributed by atoms with Gasteiger partial charge in [-0.3, -0.25) is 4.79 Å². The first-order chi connectivity index (χ1) is 9.65. The molecule has 0 unspecified atom stereocenters. The Hall–Kier alpha value is -2.29. The molecule has 0 saturated heterocycles. The van der Waals surface area contributed by atoms with Crippen LogP contribution in [-0.2, 0) is 6.42 Å². The zero-order valence-electron chi connectivity index (χ0n) is 12.0. The minimum absolute atomic E-state index is 0.0697. The highest BCUT2D eigenvalue weighted by atomic mass is 16.5. The highest BCUT2D eigenvalue weighted by Crippen LogP contribution is 2.28. The van der Waals surface area contributed by atoms with Crippen LogP contribution in [0, 0.1) is 6.92 Å². The molecule has 0 spiro atoms. The molecule has 20 heavy (non-hydrogen) atoms. The van der Waals surface area contributed by atoms with E-state index in [1.54, 1.807) is 32.4 Å². The number of ketones is 1. The summed E-state index contributed by atoms with van der Waals surface area (Å²) in [5, 5.41) is 0. The third-order valence-corrected chi connectivity index (χ3v) is 3.32. The molecule has 0 atom stereocenters. The standard InChI is InChI=1S/C17H18O3/c1-12-6-4-5-7-13(12)10-15(18)14-8-9-16(19-2)17(11-14)20-3/h4-9,11H,10H2,1-3H3. The van der Waals surface area contributed by atoms with Crippen molar-refractivity contribution in [3.63, 3.8) is 0 Å². The molecule has 2 rings (SSSR count). The summed E-state index contributed by atoms with van der Waals surface area (Å²) >= 11 is 0. The minimum atomic E-state index is 0.0697. The largest absolute Gasteiger partial charge is 0.493 e. The van der Waals surface area contributed by atoms with Crippen molar-refractivity contribution in [3.8, 4) is 11.5 Å². The van der Waals surface area contributed by atoms with Crippen LogP contribution in [0.3, 0.4) is 0 Å². The number of hydrogen-bond donors (Lipinski definition) is 0. The van der Waals surface area contributed by atoms with Gasteiger partial charge in [0.15, 0.2) is 17.3 Å². The maximum Gasteiger partial charge on any atom is 0.167 e. The quantitative estimate of drug-likeness (QED) is 0.781. The normalized spacial score (nSPS) is 10.2. The van der Waals surface area contributed by atoms with Crippen LogP contribution < -0.4 is 9.47 Å². The summed E-state index contributed by atoms with van der Waals surface area (Å²) in [4.78, 5) is 12.3. The number of carbonyl (C=O) groups excluding carboxylic acids is 1. The molecule has 2 aromatic carbocycles. The fourth-order valence-electron chi connectivity index (χ4n) is 2.09. The topological polar surface area (TPSA) is 35.5 Å². The zero-order chi connectivity index (χ0) is 14.5. The molecule has 3 nitrogen and oxygen atoms in total. The first-order valence-corrected chi connectivity index (χ1v) is 6.45. The monoisotopic (exact) mass is 270 g/mol. The lowest BCUT2D eigenvalue weighted by atomic mass is 9.99. The smallest absolute Gasteiger partial charge is 0.167 e. The highest BCUT2D eigenvalue weighted by Gasteiger charge is 2.12. The highest BCUT2D eigenvalue weighted by molar-refractivity contribution is 5.98. The molecule has 0 N–H and O–H groups in total. The lowest BCUT2D eigenvalue weighted by Gasteiger charge is -2.09. The van der Waals surface area contributed by atoms with Gasteiger partial charge in [0.25, 0.3) is 0 Å². The minimum Gasteiger partial charge on any atom is -0.493 e. The van der Waals surface area contributed by atoms with Crippen LogP contribution in [-0.4, -0.2) is 20.0 Å². The van der Waals surface area contributed by atoms with E-state index in [0.717, 1.165) is 11.1 Å². The number of benzene rings is 2. The summed E-state index contributed by atoms with van der Waals surface area (Å²) in [6, 6.07) is 13.2. The average Bonchev–Trinajstić information content (AvgIpc) is 2.48. The molecule has 0 aliphatic heterocycles. The van der Waals surface area contributed by atoms with E-state index < -0.39 is 0 Å². The van der Waals surface area contributed by atoms with Crippen LogP contribution in [0.4, 0.5) is 0 Å². The van der Waals surface area contributed by atoms with E-state index in [2.05, 4.69) is 0 Å². The molecule has 0 aromatic heterocycles. The number of ether oxygens (including phenoxy) is 2. The number of methoxy groups -OCH3 is 2. The third kappa shape index (κ3) is 2.99. The second kappa shape index (κ2) is 6.24. The van der Waals surface area contributed by atoms with Crippen molar-refractivity contribution in [3.05, 3.63) is 59.2 Å². The van der Waals surface area contributed by atoms with Crippen molar-refractivity contribution >= 4 is 5.78 Å². The van der Waals surface area contributed by atoms with Gasteiger partial charge in [0, 0.05) is 12.0 Å². The van der Waals surface area contributed by atoms with Gasteiger partial charge in [-0.15, -0.1) is 0 Å². The van der Waals surface area contributed by atoms with Gasteiger partial charge in [0.1, 0.15) is 0 Å². The average molecular weight is 270 g/mol. The first kappa shape index (κ1) is 14.1. The molecule has 0 radical (unpaired) electrons. The van der Waals surface area contributed by atoms with Gasteiger partial charge in [0.2, 0.25) is 0 Å². The Balaban J connectivity index is 2.24. The fraction of sp³-hybridized carbons (Fsp3) is 0.235. The van der Waals surface area contributed by atoms with Crippen LogP contribution in [0.5, 0.6) is 11.5 Å². The van der Waals surface area contributed by atoms with Crippen molar-refractivity contribution < 1.29 is 14.3 Å². The number of carbonyl (C=O) groups is 1. The van der Waals surface area contributed by atoms with Crippen LogP contribution in [0.1, 0.15) is 21.5 Å². The van der Waals surface area contributed by atoms with Crippen molar-refractivity contribution in [2.75, 3.05) is 14.2 Å². The predicted molar refractivity (Wildman–Crippen MR) is 78.8 cm³/mol. The Morgan fingerprint density at radius 3 is 2.35 bits per heavy atom. The van der Waals surface area contributed by atoms with E-state index in [1.165, 1.54) is 0 Å². The Bertz CT molecular complexity index is 617. The maximum absolute atomic E-state index is 12.3. The molecule has 0 saturated carbocycles. The zero-order valence-corrected chi connectivity index (χ0v) is 12.0. The van der Waals surface area contributed by atoms with Gasteiger partial charge in [-0.05, 0) is 36.2 Å². The van der Waals surface area contributed by atoms with Crippen molar-refractivity contribution in [1.82, 2.24) is 0 Å². The molecule has 0 amide bonds. The lowest BCUT2D eigenvalue weighted by Crippen LogP contribution is -2.05. The summed E-state index contributed by atoms with van der Waals surface area (Å²) in [6.07, 6.45) is 0.391.